The molecule has 0 N–H and O–H groups in total. The van der Waals surface area contributed by atoms with Crippen molar-refractivity contribution in [2.75, 3.05) is 13.2 Å². The smallest absolute Gasteiger partial charge is 0.412 e. The van der Waals surface area contributed by atoms with E-state index in [1.807, 2.05) is 13.1 Å². The van der Waals surface area contributed by atoms with Crippen LogP contribution in [0.3, 0.4) is 0 Å². The minimum atomic E-state index is -1.67. The first kappa shape index (κ1) is 27.4. The number of nitro groups is 1. The van der Waals surface area contributed by atoms with Gasteiger partial charge in [0.25, 0.3) is 0 Å². The molecule has 3 atom stereocenters. The number of ether oxygens (including phenoxy) is 2. The highest BCUT2D eigenvalue weighted by Crippen LogP contribution is 2.46. The number of carbonyl (C=O) groups excluding carboxylic acids is 2. The highest BCUT2D eigenvalue weighted by atomic mass is 28.3. The summed E-state index contributed by atoms with van der Waals surface area (Å²) in [6.45, 7) is 17.8. The van der Waals surface area contributed by atoms with Crippen LogP contribution in [0.2, 0.25) is 13.1 Å². The Balaban J connectivity index is 3.31. The van der Waals surface area contributed by atoms with Gasteiger partial charge < -0.3 is 13.9 Å². The van der Waals surface area contributed by atoms with E-state index in [4.69, 9.17) is 13.9 Å². The van der Waals surface area contributed by atoms with Crippen LogP contribution in [0, 0.1) is 21.4 Å². The van der Waals surface area contributed by atoms with Crippen LogP contribution in [0.4, 0.5) is 4.79 Å². The fourth-order valence-electron chi connectivity index (χ4n) is 3.84. The summed E-state index contributed by atoms with van der Waals surface area (Å²) < 4.78 is 17.0. The molecule has 0 spiro atoms. The molecule has 1 rings (SSSR count). The highest BCUT2D eigenvalue weighted by Gasteiger charge is 2.53. The number of hydrogen-bond acceptors (Lipinski definition) is 7. The second-order valence-electron chi connectivity index (χ2n) is 10.6. The lowest BCUT2D eigenvalue weighted by atomic mass is 9.78. The topological polar surface area (TPSA) is 108 Å². The van der Waals surface area contributed by atoms with E-state index in [1.54, 1.807) is 32.6 Å². The number of esters is 1. The van der Waals surface area contributed by atoms with Crippen LogP contribution in [-0.4, -0.2) is 61.4 Å². The molecule has 0 bridgehead atoms. The molecule has 1 fully saturated rings. The van der Waals surface area contributed by atoms with E-state index in [0.717, 1.165) is 0 Å². The Morgan fingerprint density at radius 3 is 2.23 bits per heavy atom. The van der Waals surface area contributed by atoms with Gasteiger partial charge >= 0.3 is 18.1 Å². The van der Waals surface area contributed by atoms with Crippen molar-refractivity contribution < 1.29 is 28.4 Å². The number of hydrogen-bond donors (Lipinski definition) is 0. The van der Waals surface area contributed by atoms with Gasteiger partial charge in [-0.1, -0.05) is 20.8 Å². The third-order valence-electron chi connectivity index (χ3n) is 5.38. The van der Waals surface area contributed by atoms with E-state index in [1.165, 1.54) is 0 Å². The molecular weight excluding hydrogens is 420 g/mol. The molecule has 0 saturated carbocycles. The summed E-state index contributed by atoms with van der Waals surface area (Å²) in [5.74, 6) is -0.747. The number of nitrogens with zero attached hydrogens (tertiary/aromatic N) is 2. The van der Waals surface area contributed by atoms with Crippen LogP contribution in [0.25, 0.3) is 0 Å². The molecule has 0 aromatic heterocycles. The average molecular weight is 461 g/mol. The lowest BCUT2D eigenvalue weighted by Crippen LogP contribution is -2.53. The lowest BCUT2D eigenvalue weighted by Gasteiger charge is -2.40. The number of carbonyl (C=O) groups is 2. The van der Waals surface area contributed by atoms with Gasteiger partial charge in [-0.2, -0.15) is 0 Å². The Morgan fingerprint density at radius 1 is 1.23 bits per heavy atom. The zero-order valence-corrected chi connectivity index (χ0v) is 21.7. The molecule has 1 heterocycles. The maximum atomic E-state index is 13.2. The van der Waals surface area contributed by atoms with Crippen molar-refractivity contribution in [1.82, 2.24) is 4.90 Å². The van der Waals surface area contributed by atoms with Gasteiger partial charge in [-0.15, -0.1) is 0 Å². The van der Waals surface area contributed by atoms with Gasteiger partial charge in [-0.3, -0.25) is 15.0 Å². The minimum Gasteiger partial charge on any atom is -0.461 e. The zero-order chi connectivity index (χ0) is 24.2. The van der Waals surface area contributed by atoms with Crippen molar-refractivity contribution in [2.24, 2.45) is 11.3 Å². The molecule has 1 unspecified atom stereocenters. The second-order valence-corrected chi connectivity index (χ2v) is 12.9. The summed E-state index contributed by atoms with van der Waals surface area (Å²) >= 11 is 0. The van der Waals surface area contributed by atoms with E-state index in [9.17, 15) is 19.7 Å². The number of amides is 1. The largest absolute Gasteiger partial charge is 0.461 e. The fraction of sp³-hybridized carbons (Fsp3) is 0.905. The fourth-order valence-corrected chi connectivity index (χ4v) is 5.06. The van der Waals surface area contributed by atoms with Crippen molar-refractivity contribution in [3.8, 4) is 0 Å². The van der Waals surface area contributed by atoms with Crippen LogP contribution < -0.4 is 0 Å². The van der Waals surface area contributed by atoms with Gasteiger partial charge in [-0.25, -0.2) is 9.59 Å². The summed E-state index contributed by atoms with van der Waals surface area (Å²) in [7, 11) is -1.67. The third kappa shape index (κ3) is 7.75. The number of likely N-dealkylation sites (tertiary alicyclic amines) is 1. The van der Waals surface area contributed by atoms with Crippen molar-refractivity contribution in [3.63, 3.8) is 0 Å². The predicted molar refractivity (Wildman–Crippen MR) is 120 cm³/mol. The summed E-state index contributed by atoms with van der Waals surface area (Å²) in [6, 6.07) is -1.50. The molecule has 31 heavy (non-hydrogen) atoms. The van der Waals surface area contributed by atoms with Crippen LogP contribution >= 0.6 is 0 Å². The van der Waals surface area contributed by atoms with Gasteiger partial charge in [0.2, 0.25) is 0 Å². The Bertz CT molecular complexity index is 657. The molecular formula is C21H40N2O7Si. The second kappa shape index (κ2) is 10.3. The van der Waals surface area contributed by atoms with Crippen LogP contribution in [0.15, 0.2) is 0 Å². The highest BCUT2D eigenvalue weighted by molar-refractivity contribution is 6.48. The van der Waals surface area contributed by atoms with Crippen molar-refractivity contribution in [3.05, 3.63) is 10.1 Å². The number of rotatable bonds is 8. The van der Waals surface area contributed by atoms with E-state index < -0.39 is 43.4 Å². The van der Waals surface area contributed by atoms with Gasteiger partial charge in [0.15, 0.2) is 9.04 Å². The normalized spacial score (nSPS) is 23.0. The molecule has 0 aromatic carbocycles. The molecule has 1 saturated heterocycles. The molecule has 180 valence electrons. The van der Waals surface area contributed by atoms with Crippen LogP contribution in [0.1, 0.15) is 67.7 Å². The molecule has 1 amide bonds. The van der Waals surface area contributed by atoms with Crippen LogP contribution in [-0.2, 0) is 18.7 Å². The molecule has 10 heteroatoms. The van der Waals surface area contributed by atoms with E-state index >= 15 is 0 Å². The van der Waals surface area contributed by atoms with Crippen molar-refractivity contribution in [2.45, 2.75) is 98.2 Å². The first-order valence-corrected chi connectivity index (χ1v) is 13.8. The quantitative estimate of drug-likeness (QED) is 0.233. The maximum Gasteiger partial charge on any atom is 0.412 e. The molecule has 0 aromatic rings. The summed E-state index contributed by atoms with van der Waals surface area (Å²) in [4.78, 5) is 37.8. The van der Waals surface area contributed by atoms with Crippen molar-refractivity contribution >= 4 is 21.1 Å². The van der Waals surface area contributed by atoms with Gasteiger partial charge in [0, 0.05) is 24.3 Å². The first-order valence-electron chi connectivity index (χ1n) is 11.0. The average Bonchev–Trinajstić information content (AvgIpc) is 2.92. The van der Waals surface area contributed by atoms with Gasteiger partial charge in [-0.05, 0) is 58.5 Å². The van der Waals surface area contributed by atoms with Crippen molar-refractivity contribution in [1.29, 1.82) is 0 Å². The lowest BCUT2D eigenvalue weighted by molar-refractivity contribution is -0.512. The molecule has 0 radical (unpaired) electrons. The summed E-state index contributed by atoms with van der Waals surface area (Å²) in [6.07, 6.45) is 0.119. The summed E-state index contributed by atoms with van der Waals surface area (Å²) in [5, 5.41) is 11.5. The van der Waals surface area contributed by atoms with E-state index in [-0.39, 0.29) is 30.8 Å². The maximum absolute atomic E-state index is 13.2. The zero-order valence-electron chi connectivity index (χ0n) is 20.5. The standard InChI is InChI=1S/C21H40N2O7Si/c1-10-28-17(24)16(23(26)27)11-12-21(30-31(8)9)13-15(19(2,3)4)14-22(21)18(25)29-20(5,6)7/h15-16,31H,10-14H2,1-9H3/t15-,16?,21-/m0/s1. The van der Waals surface area contributed by atoms with Gasteiger partial charge in [0.05, 0.1) is 6.61 Å². The Labute approximate surface area is 187 Å². The van der Waals surface area contributed by atoms with E-state index in [2.05, 4.69) is 20.8 Å². The molecule has 0 aliphatic carbocycles. The SMILES string of the molecule is CCOC(=O)C(CC[C@]1(O[SiH](C)C)C[C@H](C(C)(C)C)CN1C(=O)OC(C)(C)C)[N+](=O)[O-]. The third-order valence-corrected chi connectivity index (χ3v) is 6.29. The van der Waals surface area contributed by atoms with Gasteiger partial charge in [0.1, 0.15) is 11.3 Å². The van der Waals surface area contributed by atoms with Crippen LogP contribution in [0.5, 0.6) is 0 Å². The predicted octanol–water partition coefficient (Wildman–Crippen LogP) is 3.97. The minimum absolute atomic E-state index is 0.0693. The Hall–Kier alpha value is -1.68. The molecule has 1 aliphatic heterocycles. The molecule has 9 nitrogen and oxygen atoms in total. The Morgan fingerprint density at radius 2 is 1.81 bits per heavy atom. The van der Waals surface area contributed by atoms with E-state index in [0.29, 0.717) is 13.0 Å². The first-order chi connectivity index (χ1) is 14.0. The molecule has 1 aliphatic rings. The monoisotopic (exact) mass is 460 g/mol. The Kier molecular flexibility index (Phi) is 9.08. The summed E-state index contributed by atoms with van der Waals surface area (Å²) in [5.41, 5.74) is -1.83.